The summed E-state index contributed by atoms with van der Waals surface area (Å²) in [4.78, 5) is 4.35. The van der Waals surface area contributed by atoms with Crippen molar-refractivity contribution in [1.29, 1.82) is 0 Å². The Kier molecular flexibility index (Phi) is 3.33. The van der Waals surface area contributed by atoms with E-state index in [1.165, 1.54) is 0 Å². The molecule has 0 saturated carbocycles. The largest absolute Gasteiger partial charge is 0.365 e. The van der Waals surface area contributed by atoms with Crippen LogP contribution in [-0.2, 0) is 9.47 Å². The first-order chi connectivity index (χ1) is 7.83. The third kappa shape index (κ3) is 2.29. The van der Waals surface area contributed by atoms with Crippen molar-refractivity contribution in [2.75, 3.05) is 26.1 Å². The lowest BCUT2D eigenvalue weighted by Gasteiger charge is -2.14. The Labute approximate surface area is 93.2 Å². The zero-order valence-corrected chi connectivity index (χ0v) is 9.25. The maximum Gasteiger partial charge on any atom is 0.173 e. The van der Waals surface area contributed by atoms with E-state index in [2.05, 4.69) is 15.4 Å². The van der Waals surface area contributed by atoms with Gasteiger partial charge >= 0.3 is 0 Å². The fraction of sp³-hybridized carbons (Fsp3) is 0.400. The van der Waals surface area contributed by atoms with Crippen molar-refractivity contribution in [2.24, 2.45) is 0 Å². The Morgan fingerprint density at radius 1 is 1.38 bits per heavy atom. The smallest absolute Gasteiger partial charge is 0.173 e. The summed E-state index contributed by atoms with van der Waals surface area (Å²) in [6, 6.07) is 3.69. The van der Waals surface area contributed by atoms with Crippen molar-refractivity contribution in [3.8, 4) is 0 Å². The van der Waals surface area contributed by atoms with Crippen LogP contribution in [0, 0.1) is 0 Å². The van der Waals surface area contributed by atoms with E-state index in [0.29, 0.717) is 6.54 Å². The predicted octanol–water partition coefficient (Wildman–Crippen LogP) is 0.760. The highest BCUT2D eigenvalue weighted by Crippen LogP contribution is 2.06. The molecule has 6 nitrogen and oxygen atoms in total. The standard InChI is InChI=1S/C10H14N4O2/c1-15-10(16-2)7-11-8-4-6-14-9(13-8)3-5-12-14/h3-6,10H,7H2,1-2H3,(H,11,13). The number of ether oxygens (including phenoxy) is 2. The van der Waals surface area contributed by atoms with E-state index in [4.69, 9.17) is 9.47 Å². The van der Waals surface area contributed by atoms with E-state index in [1.54, 1.807) is 24.9 Å². The van der Waals surface area contributed by atoms with Gasteiger partial charge in [-0.2, -0.15) is 5.10 Å². The van der Waals surface area contributed by atoms with Crippen molar-refractivity contribution < 1.29 is 9.47 Å². The van der Waals surface area contributed by atoms with Crippen molar-refractivity contribution in [2.45, 2.75) is 6.29 Å². The molecule has 0 bridgehead atoms. The van der Waals surface area contributed by atoms with Gasteiger partial charge in [-0.25, -0.2) is 9.50 Å². The lowest BCUT2D eigenvalue weighted by Crippen LogP contribution is -2.24. The van der Waals surface area contributed by atoms with Crippen LogP contribution in [0.15, 0.2) is 24.5 Å². The quantitative estimate of drug-likeness (QED) is 0.757. The van der Waals surface area contributed by atoms with Gasteiger partial charge in [0.25, 0.3) is 0 Å². The molecule has 0 atom stereocenters. The van der Waals surface area contributed by atoms with Crippen LogP contribution >= 0.6 is 0 Å². The van der Waals surface area contributed by atoms with E-state index in [0.717, 1.165) is 11.5 Å². The molecule has 2 aromatic heterocycles. The normalized spacial score (nSPS) is 11.2. The van der Waals surface area contributed by atoms with Crippen LogP contribution in [0.1, 0.15) is 0 Å². The first kappa shape index (κ1) is 10.8. The summed E-state index contributed by atoms with van der Waals surface area (Å²) >= 11 is 0. The number of aromatic nitrogens is 3. The topological polar surface area (TPSA) is 60.7 Å². The second kappa shape index (κ2) is 4.91. The number of nitrogens with one attached hydrogen (secondary N) is 1. The molecule has 2 aromatic rings. The zero-order chi connectivity index (χ0) is 11.4. The average molecular weight is 222 g/mol. The van der Waals surface area contributed by atoms with E-state index >= 15 is 0 Å². The third-order valence-electron chi connectivity index (χ3n) is 2.23. The highest BCUT2D eigenvalue weighted by molar-refractivity contribution is 5.45. The van der Waals surface area contributed by atoms with Crippen molar-refractivity contribution in [3.05, 3.63) is 24.5 Å². The molecule has 0 aromatic carbocycles. The zero-order valence-electron chi connectivity index (χ0n) is 9.25. The van der Waals surface area contributed by atoms with Crippen LogP contribution in [0.25, 0.3) is 5.65 Å². The van der Waals surface area contributed by atoms with Gasteiger partial charge in [-0.3, -0.25) is 0 Å². The van der Waals surface area contributed by atoms with Gasteiger partial charge < -0.3 is 14.8 Å². The lowest BCUT2D eigenvalue weighted by molar-refractivity contribution is -0.0914. The van der Waals surface area contributed by atoms with Crippen molar-refractivity contribution in [3.63, 3.8) is 0 Å². The summed E-state index contributed by atoms with van der Waals surface area (Å²) in [5.74, 6) is 0.770. The van der Waals surface area contributed by atoms with Crippen LogP contribution in [0.3, 0.4) is 0 Å². The molecule has 2 rings (SSSR count). The third-order valence-corrected chi connectivity index (χ3v) is 2.23. The highest BCUT2D eigenvalue weighted by Gasteiger charge is 2.05. The molecule has 6 heteroatoms. The van der Waals surface area contributed by atoms with Gasteiger partial charge in [0.2, 0.25) is 0 Å². The lowest BCUT2D eigenvalue weighted by atomic mass is 10.5. The molecular weight excluding hydrogens is 208 g/mol. The molecule has 0 aliphatic carbocycles. The Bertz CT molecular complexity index is 453. The van der Waals surface area contributed by atoms with Gasteiger partial charge in [-0.15, -0.1) is 0 Å². The number of fused-ring (bicyclic) bond motifs is 1. The minimum atomic E-state index is -0.275. The maximum absolute atomic E-state index is 5.06. The maximum atomic E-state index is 5.06. The number of anilines is 1. The SMILES string of the molecule is COC(CNc1ccn2nccc2n1)OC. The van der Waals surface area contributed by atoms with Crippen molar-refractivity contribution in [1.82, 2.24) is 14.6 Å². The Hall–Kier alpha value is -1.66. The second-order valence-corrected chi connectivity index (χ2v) is 3.23. The molecule has 2 heterocycles. The molecule has 0 unspecified atom stereocenters. The summed E-state index contributed by atoms with van der Waals surface area (Å²) in [5.41, 5.74) is 0.802. The molecule has 16 heavy (non-hydrogen) atoms. The highest BCUT2D eigenvalue weighted by atomic mass is 16.7. The summed E-state index contributed by atoms with van der Waals surface area (Å²) in [6.07, 6.45) is 3.28. The summed E-state index contributed by atoms with van der Waals surface area (Å²) in [6.45, 7) is 0.546. The molecule has 0 radical (unpaired) electrons. The van der Waals surface area contributed by atoms with Gasteiger partial charge in [0.05, 0.1) is 12.7 Å². The van der Waals surface area contributed by atoms with Crippen LogP contribution in [-0.4, -0.2) is 41.7 Å². The Morgan fingerprint density at radius 3 is 2.94 bits per heavy atom. The Morgan fingerprint density at radius 2 is 2.19 bits per heavy atom. The van der Waals surface area contributed by atoms with Crippen molar-refractivity contribution >= 4 is 11.5 Å². The van der Waals surface area contributed by atoms with E-state index in [9.17, 15) is 0 Å². The summed E-state index contributed by atoms with van der Waals surface area (Å²) in [7, 11) is 3.20. The summed E-state index contributed by atoms with van der Waals surface area (Å²) < 4.78 is 11.8. The van der Waals surface area contributed by atoms with Gasteiger partial charge in [0.1, 0.15) is 5.82 Å². The molecule has 0 spiro atoms. The molecule has 0 aliphatic rings. The minimum Gasteiger partial charge on any atom is -0.365 e. The molecule has 0 amide bonds. The van der Waals surface area contributed by atoms with E-state index in [1.807, 2.05) is 18.3 Å². The number of rotatable bonds is 5. The molecular formula is C10H14N4O2. The molecule has 0 fully saturated rings. The molecule has 86 valence electrons. The first-order valence-corrected chi connectivity index (χ1v) is 4.93. The predicted molar refractivity (Wildman–Crippen MR) is 59.3 cm³/mol. The number of nitrogens with zero attached hydrogens (tertiary/aromatic N) is 3. The monoisotopic (exact) mass is 222 g/mol. The van der Waals surface area contributed by atoms with Crippen LogP contribution in [0.4, 0.5) is 5.82 Å². The fourth-order valence-corrected chi connectivity index (χ4v) is 1.36. The molecule has 1 N–H and O–H groups in total. The van der Waals surface area contributed by atoms with Crippen LogP contribution in [0.5, 0.6) is 0 Å². The van der Waals surface area contributed by atoms with Crippen LogP contribution in [0.2, 0.25) is 0 Å². The van der Waals surface area contributed by atoms with E-state index in [-0.39, 0.29) is 6.29 Å². The minimum absolute atomic E-state index is 0.275. The van der Waals surface area contributed by atoms with E-state index < -0.39 is 0 Å². The van der Waals surface area contributed by atoms with Gasteiger partial charge in [0.15, 0.2) is 11.9 Å². The van der Waals surface area contributed by atoms with Gasteiger partial charge in [0, 0.05) is 26.5 Å². The number of hydrogen-bond donors (Lipinski definition) is 1. The van der Waals surface area contributed by atoms with Crippen LogP contribution < -0.4 is 5.32 Å². The average Bonchev–Trinajstić information content (AvgIpc) is 2.77. The fourth-order valence-electron chi connectivity index (χ4n) is 1.36. The van der Waals surface area contributed by atoms with Gasteiger partial charge in [-0.1, -0.05) is 0 Å². The van der Waals surface area contributed by atoms with Gasteiger partial charge in [-0.05, 0) is 6.07 Å². The first-order valence-electron chi connectivity index (χ1n) is 4.93. The second-order valence-electron chi connectivity index (χ2n) is 3.23. The Balaban J connectivity index is 2.03. The molecule has 0 saturated heterocycles. The molecule has 0 aliphatic heterocycles. The number of methoxy groups -OCH3 is 2. The number of hydrogen-bond acceptors (Lipinski definition) is 5. The summed E-state index contributed by atoms with van der Waals surface area (Å²) in [5, 5.41) is 7.19.